The minimum Gasteiger partial charge on any atom is -0.468 e. The molecular formula is C17H35NO3. The molecule has 0 saturated carbocycles. The van der Waals surface area contributed by atoms with Crippen LogP contribution in [0.5, 0.6) is 0 Å². The SMILES string of the molecule is CCCCCCC(C)OCCCC(C)(NCC)C(=O)OC. The predicted octanol–water partition coefficient (Wildman–Crippen LogP) is 3.68. The Hall–Kier alpha value is -0.610. The number of hydrogen-bond acceptors (Lipinski definition) is 4. The molecule has 0 spiro atoms. The average molecular weight is 301 g/mol. The number of unbranched alkanes of at least 4 members (excludes halogenated alkanes) is 3. The quantitative estimate of drug-likeness (QED) is 0.416. The molecule has 0 aromatic carbocycles. The van der Waals surface area contributed by atoms with Gasteiger partial charge in [-0.25, -0.2) is 0 Å². The van der Waals surface area contributed by atoms with Gasteiger partial charge in [-0.3, -0.25) is 4.79 Å². The third-order valence-corrected chi connectivity index (χ3v) is 3.89. The van der Waals surface area contributed by atoms with E-state index in [1.54, 1.807) is 0 Å². The number of ether oxygens (including phenoxy) is 2. The van der Waals surface area contributed by atoms with Gasteiger partial charge in [0, 0.05) is 6.61 Å². The molecule has 0 heterocycles. The number of methoxy groups -OCH3 is 1. The topological polar surface area (TPSA) is 47.6 Å². The zero-order valence-corrected chi connectivity index (χ0v) is 14.7. The number of hydrogen-bond donors (Lipinski definition) is 1. The summed E-state index contributed by atoms with van der Waals surface area (Å²) in [4.78, 5) is 11.8. The molecule has 0 fully saturated rings. The van der Waals surface area contributed by atoms with Gasteiger partial charge < -0.3 is 14.8 Å². The van der Waals surface area contributed by atoms with E-state index in [2.05, 4.69) is 19.2 Å². The van der Waals surface area contributed by atoms with Crippen LogP contribution >= 0.6 is 0 Å². The summed E-state index contributed by atoms with van der Waals surface area (Å²) in [7, 11) is 1.44. The molecular weight excluding hydrogens is 266 g/mol. The van der Waals surface area contributed by atoms with Gasteiger partial charge in [-0.05, 0) is 39.7 Å². The normalized spacial score (nSPS) is 15.5. The summed E-state index contributed by atoms with van der Waals surface area (Å²) in [5.74, 6) is -0.197. The van der Waals surface area contributed by atoms with Gasteiger partial charge in [-0.2, -0.15) is 0 Å². The highest BCUT2D eigenvalue weighted by atomic mass is 16.5. The van der Waals surface area contributed by atoms with Gasteiger partial charge in [0.05, 0.1) is 13.2 Å². The Labute approximate surface area is 131 Å². The van der Waals surface area contributed by atoms with E-state index in [1.165, 1.54) is 32.8 Å². The molecule has 0 aromatic heterocycles. The van der Waals surface area contributed by atoms with Crippen molar-refractivity contribution in [3.05, 3.63) is 0 Å². The molecule has 126 valence electrons. The number of nitrogens with one attached hydrogen (secondary N) is 1. The maximum atomic E-state index is 11.8. The summed E-state index contributed by atoms with van der Waals surface area (Å²) in [6, 6.07) is 0. The predicted molar refractivity (Wildman–Crippen MR) is 87.5 cm³/mol. The summed E-state index contributed by atoms with van der Waals surface area (Å²) in [6.07, 6.45) is 8.15. The molecule has 0 amide bonds. The smallest absolute Gasteiger partial charge is 0.325 e. The first-order valence-corrected chi connectivity index (χ1v) is 8.45. The zero-order chi connectivity index (χ0) is 16.1. The van der Waals surface area contributed by atoms with Crippen molar-refractivity contribution < 1.29 is 14.3 Å². The van der Waals surface area contributed by atoms with Crippen LogP contribution in [-0.4, -0.2) is 37.9 Å². The number of carbonyl (C=O) groups excluding carboxylic acids is 1. The third kappa shape index (κ3) is 9.10. The number of likely N-dealkylation sites (N-methyl/N-ethyl adjacent to an activating group) is 1. The molecule has 0 rings (SSSR count). The molecule has 4 nitrogen and oxygen atoms in total. The summed E-state index contributed by atoms with van der Waals surface area (Å²) >= 11 is 0. The zero-order valence-electron chi connectivity index (χ0n) is 14.7. The van der Waals surface area contributed by atoms with Crippen LogP contribution in [0.1, 0.15) is 72.6 Å². The maximum absolute atomic E-state index is 11.8. The van der Waals surface area contributed by atoms with Crippen LogP contribution in [0.2, 0.25) is 0 Å². The minimum atomic E-state index is -0.600. The molecule has 0 saturated heterocycles. The second kappa shape index (κ2) is 12.0. The Morgan fingerprint density at radius 2 is 1.90 bits per heavy atom. The van der Waals surface area contributed by atoms with Crippen molar-refractivity contribution in [1.29, 1.82) is 0 Å². The lowest BCUT2D eigenvalue weighted by atomic mass is 9.96. The van der Waals surface area contributed by atoms with Crippen LogP contribution in [0.3, 0.4) is 0 Å². The second-order valence-corrected chi connectivity index (χ2v) is 5.99. The van der Waals surface area contributed by atoms with Gasteiger partial charge >= 0.3 is 5.97 Å². The fourth-order valence-electron chi connectivity index (χ4n) is 2.53. The van der Waals surface area contributed by atoms with Crippen molar-refractivity contribution in [3.63, 3.8) is 0 Å². The van der Waals surface area contributed by atoms with Gasteiger partial charge in [0.25, 0.3) is 0 Å². The first-order chi connectivity index (χ1) is 10.00. The highest BCUT2D eigenvalue weighted by Crippen LogP contribution is 2.15. The minimum absolute atomic E-state index is 0.197. The lowest BCUT2D eigenvalue weighted by Crippen LogP contribution is -2.50. The molecule has 0 radical (unpaired) electrons. The number of rotatable bonds is 13. The summed E-state index contributed by atoms with van der Waals surface area (Å²) in [5.41, 5.74) is -0.600. The molecule has 4 heteroatoms. The Morgan fingerprint density at radius 3 is 2.48 bits per heavy atom. The van der Waals surface area contributed by atoms with Crippen LogP contribution in [-0.2, 0) is 14.3 Å². The highest BCUT2D eigenvalue weighted by molar-refractivity contribution is 5.80. The lowest BCUT2D eigenvalue weighted by Gasteiger charge is -2.27. The second-order valence-electron chi connectivity index (χ2n) is 5.99. The first kappa shape index (κ1) is 20.4. The van der Waals surface area contributed by atoms with Gasteiger partial charge in [-0.1, -0.05) is 39.5 Å². The highest BCUT2D eigenvalue weighted by Gasteiger charge is 2.32. The van der Waals surface area contributed by atoms with E-state index in [4.69, 9.17) is 9.47 Å². The monoisotopic (exact) mass is 301 g/mol. The molecule has 0 aromatic rings. The van der Waals surface area contributed by atoms with E-state index in [9.17, 15) is 4.79 Å². The Balaban J connectivity index is 3.87. The summed E-state index contributed by atoms with van der Waals surface area (Å²) in [5, 5.41) is 3.22. The van der Waals surface area contributed by atoms with Gasteiger partial charge in [-0.15, -0.1) is 0 Å². The molecule has 0 aliphatic carbocycles. The van der Waals surface area contributed by atoms with Gasteiger partial charge in [0.1, 0.15) is 5.54 Å². The van der Waals surface area contributed by atoms with Crippen LogP contribution in [0.25, 0.3) is 0 Å². The van der Waals surface area contributed by atoms with E-state index in [-0.39, 0.29) is 5.97 Å². The van der Waals surface area contributed by atoms with Crippen LogP contribution in [0, 0.1) is 0 Å². The van der Waals surface area contributed by atoms with E-state index in [0.29, 0.717) is 12.7 Å². The molecule has 0 aliphatic rings. The van der Waals surface area contributed by atoms with Crippen molar-refractivity contribution in [2.75, 3.05) is 20.3 Å². The number of esters is 1. The van der Waals surface area contributed by atoms with E-state index >= 15 is 0 Å². The van der Waals surface area contributed by atoms with Crippen LogP contribution in [0.15, 0.2) is 0 Å². The van der Waals surface area contributed by atoms with Crippen LogP contribution < -0.4 is 5.32 Å². The molecule has 0 aliphatic heterocycles. The Kier molecular flexibility index (Phi) is 11.6. The molecule has 0 bridgehead atoms. The largest absolute Gasteiger partial charge is 0.468 e. The standard InChI is InChI=1S/C17H35NO3/c1-6-8-9-10-12-15(3)21-14-11-13-17(4,18-7-2)16(19)20-5/h15,18H,6-14H2,1-5H3. The molecule has 1 N–H and O–H groups in total. The van der Waals surface area contributed by atoms with Gasteiger partial charge in [0.2, 0.25) is 0 Å². The molecule has 2 atom stereocenters. The maximum Gasteiger partial charge on any atom is 0.325 e. The van der Waals surface area contributed by atoms with Crippen molar-refractivity contribution in [3.8, 4) is 0 Å². The molecule has 21 heavy (non-hydrogen) atoms. The van der Waals surface area contributed by atoms with Gasteiger partial charge in [0.15, 0.2) is 0 Å². The lowest BCUT2D eigenvalue weighted by molar-refractivity contribution is -0.148. The van der Waals surface area contributed by atoms with Crippen molar-refractivity contribution in [2.24, 2.45) is 0 Å². The van der Waals surface area contributed by atoms with E-state index in [0.717, 1.165) is 25.8 Å². The third-order valence-electron chi connectivity index (χ3n) is 3.89. The summed E-state index contributed by atoms with van der Waals surface area (Å²) in [6.45, 7) is 9.71. The van der Waals surface area contributed by atoms with Crippen molar-refractivity contribution in [2.45, 2.75) is 84.3 Å². The first-order valence-electron chi connectivity index (χ1n) is 8.45. The Bertz CT molecular complexity index is 271. The van der Waals surface area contributed by atoms with E-state index < -0.39 is 5.54 Å². The fourth-order valence-corrected chi connectivity index (χ4v) is 2.53. The number of carbonyl (C=O) groups is 1. The van der Waals surface area contributed by atoms with Crippen LogP contribution in [0.4, 0.5) is 0 Å². The Morgan fingerprint density at radius 1 is 1.19 bits per heavy atom. The van der Waals surface area contributed by atoms with Crippen molar-refractivity contribution in [1.82, 2.24) is 5.32 Å². The average Bonchev–Trinajstić information content (AvgIpc) is 2.47. The molecule has 2 unspecified atom stereocenters. The van der Waals surface area contributed by atoms with Crippen molar-refractivity contribution >= 4 is 5.97 Å². The summed E-state index contributed by atoms with van der Waals surface area (Å²) < 4.78 is 10.7. The fraction of sp³-hybridized carbons (Fsp3) is 0.941. The van der Waals surface area contributed by atoms with E-state index in [1.807, 2.05) is 13.8 Å².